The number of hydrogen-bond donors (Lipinski definition) is 2. The highest BCUT2D eigenvalue weighted by atomic mass is 35.5. The van der Waals surface area contributed by atoms with Gasteiger partial charge in [-0.3, -0.25) is 4.79 Å². The Morgan fingerprint density at radius 3 is 2.41 bits per heavy atom. The van der Waals surface area contributed by atoms with Gasteiger partial charge in [-0.2, -0.15) is 0 Å². The molecule has 152 valence electrons. The van der Waals surface area contributed by atoms with E-state index < -0.39 is 10.0 Å². The fourth-order valence-electron chi connectivity index (χ4n) is 3.94. The second kappa shape index (κ2) is 9.87. The van der Waals surface area contributed by atoms with Crippen molar-refractivity contribution in [1.29, 1.82) is 0 Å². The molecule has 3 rings (SSSR count). The quantitative estimate of drug-likeness (QED) is 0.769. The largest absolute Gasteiger partial charge is 0.353 e. The normalized spacial score (nSPS) is 24.8. The summed E-state index contributed by atoms with van der Waals surface area (Å²) < 4.78 is 26.7. The zero-order chi connectivity index (χ0) is 18.6. The fraction of sp³-hybridized carbons (Fsp3) is 0.632. The number of halogens is 1. The van der Waals surface area contributed by atoms with Crippen molar-refractivity contribution in [3.8, 4) is 0 Å². The van der Waals surface area contributed by atoms with Gasteiger partial charge in [-0.05, 0) is 37.7 Å². The van der Waals surface area contributed by atoms with Gasteiger partial charge in [0.05, 0.1) is 5.75 Å². The first-order valence-electron chi connectivity index (χ1n) is 9.52. The van der Waals surface area contributed by atoms with E-state index in [4.69, 9.17) is 5.73 Å². The van der Waals surface area contributed by atoms with E-state index in [9.17, 15) is 13.2 Å². The van der Waals surface area contributed by atoms with E-state index >= 15 is 0 Å². The number of carbonyl (C=O) groups is 1. The average Bonchev–Trinajstić information content (AvgIpc) is 2.62. The SMILES string of the molecule is Cl.NC1CCCC(C(=O)NC2CCN(S(=O)(=O)Cc3ccccc3)CC2)C1. The third kappa shape index (κ3) is 6.17. The van der Waals surface area contributed by atoms with Crippen molar-refractivity contribution in [2.75, 3.05) is 13.1 Å². The van der Waals surface area contributed by atoms with Crippen molar-refractivity contribution >= 4 is 28.3 Å². The summed E-state index contributed by atoms with van der Waals surface area (Å²) in [6.07, 6.45) is 5.01. The Labute approximate surface area is 168 Å². The Morgan fingerprint density at radius 1 is 1.11 bits per heavy atom. The predicted octanol–water partition coefficient (Wildman–Crippen LogP) is 2.04. The molecule has 6 nitrogen and oxygen atoms in total. The van der Waals surface area contributed by atoms with Crippen LogP contribution in [0.15, 0.2) is 30.3 Å². The number of benzene rings is 1. The van der Waals surface area contributed by atoms with Crippen LogP contribution in [0.2, 0.25) is 0 Å². The summed E-state index contributed by atoms with van der Waals surface area (Å²) in [6.45, 7) is 0.925. The van der Waals surface area contributed by atoms with E-state index in [1.54, 1.807) is 4.31 Å². The van der Waals surface area contributed by atoms with Gasteiger partial charge >= 0.3 is 0 Å². The molecule has 27 heavy (non-hydrogen) atoms. The van der Waals surface area contributed by atoms with Gasteiger partial charge < -0.3 is 11.1 Å². The summed E-state index contributed by atoms with van der Waals surface area (Å²) in [4.78, 5) is 12.4. The number of amides is 1. The van der Waals surface area contributed by atoms with Crippen LogP contribution in [0.4, 0.5) is 0 Å². The van der Waals surface area contributed by atoms with Gasteiger partial charge in [0.15, 0.2) is 0 Å². The summed E-state index contributed by atoms with van der Waals surface area (Å²) in [5, 5.41) is 3.11. The van der Waals surface area contributed by atoms with Crippen LogP contribution in [0.3, 0.4) is 0 Å². The zero-order valence-electron chi connectivity index (χ0n) is 15.5. The van der Waals surface area contributed by atoms with Crippen molar-refractivity contribution in [2.45, 2.75) is 56.4 Å². The lowest BCUT2D eigenvalue weighted by molar-refractivity contribution is -0.127. The predicted molar refractivity (Wildman–Crippen MR) is 109 cm³/mol. The van der Waals surface area contributed by atoms with E-state index in [2.05, 4.69) is 5.32 Å². The highest BCUT2D eigenvalue weighted by Crippen LogP contribution is 2.24. The second-order valence-electron chi connectivity index (χ2n) is 7.55. The van der Waals surface area contributed by atoms with Crippen molar-refractivity contribution in [3.05, 3.63) is 35.9 Å². The molecule has 2 unspecified atom stereocenters. The van der Waals surface area contributed by atoms with Crippen LogP contribution in [0.25, 0.3) is 0 Å². The molecule has 3 N–H and O–H groups in total. The highest BCUT2D eigenvalue weighted by molar-refractivity contribution is 7.88. The van der Waals surface area contributed by atoms with Crippen LogP contribution in [-0.2, 0) is 20.6 Å². The van der Waals surface area contributed by atoms with E-state index in [1.165, 1.54) is 0 Å². The maximum Gasteiger partial charge on any atom is 0.223 e. The number of nitrogens with one attached hydrogen (secondary N) is 1. The summed E-state index contributed by atoms with van der Waals surface area (Å²) in [5.41, 5.74) is 6.77. The van der Waals surface area contributed by atoms with Crippen molar-refractivity contribution in [3.63, 3.8) is 0 Å². The van der Waals surface area contributed by atoms with Crippen molar-refractivity contribution in [1.82, 2.24) is 9.62 Å². The molecule has 1 amide bonds. The molecule has 0 radical (unpaired) electrons. The molecule has 2 aliphatic rings. The molecule has 8 heteroatoms. The molecule has 0 bridgehead atoms. The highest BCUT2D eigenvalue weighted by Gasteiger charge is 2.31. The number of sulfonamides is 1. The summed E-state index contributed by atoms with van der Waals surface area (Å²) in [6, 6.07) is 9.43. The van der Waals surface area contributed by atoms with Gasteiger partial charge in [0.2, 0.25) is 15.9 Å². The van der Waals surface area contributed by atoms with Gasteiger partial charge in [0, 0.05) is 31.1 Å². The monoisotopic (exact) mass is 415 g/mol. The molecular formula is C19H30ClN3O3S. The molecule has 0 spiro atoms. The first-order valence-corrected chi connectivity index (χ1v) is 11.1. The Kier molecular flexibility index (Phi) is 8.09. The molecule has 1 aromatic carbocycles. The smallest absolute Gasteiger partial charge is 0.223 e. The van der Waals surface area contributed by atoms with E-state index in [-0.39, 0.29) is 42.1 Å². The molecular weight excluding hydrogens is 386 g/mol. The molecule has 0 aromatic heterocycles. The van der Waals surface area contributed by atoms with Crippen LogP contribution >= 0.6 is 12.4 Å². The minimum atomic E-state index is -3.31. The van der Waals surface area contributed by atoms with Crippen molar-refractivity contribution in [2.24, 2.45) is 11.7 Å². The summed E-state index contributed by atoms with van der Waals surface area (Å²) >= 11 is 0. The van der Waals surface area contributed by atoms with Gasteiger partial charge in [-0.25, -0.2) is 12.7 Å². The number of rotatable bonds is 5. The first-order chi connectivity index (χ1) is 12.4. The lowest BCUT2D eigenvalue weighted by atomic mass is 9.85. The third-order valence-electron chi connectivity index (χ3n) is 5.47. The van der Waals surface area contributed by atoms with Crippen LogP contribution < -0.4 is 11.1 Å². The lowest BCUT2D eigenvalue weighted by Gasteiger charge is -2.33. The number of piperidine rings is 1. The second-order valence-corrected chi connectivity index (χ2v) is 9.52. The summed E-state index contributed by atoms with van der Waals surface area (Å²) in [5.74, 6) is 0.134. The Balaban J connectivity index is 0.00000261. The molecule has 1 aromatic rings. The molecule has 1 saturated carbocycles. The van der Waals surface area contributed by atoms with Crippen LogP contribution in [-0.4, -0.2) is 43.8 Å². The lowest BCUT2D eigenvalue weighted by Crippen LogP contribution is -2.48. The fourth-order valence-corrected chi connectivity index (χ4v) is 5.50. The standard InChI is InChI=1S/C19H29N3O3S.ClH/c20-17-8-4-7-16(13-17)19(23)21-18-9-11-22(12-10-18)26(24,25)14-15-5-2-1-3-6-15;/h1-3,5-6,16-18H,4,7-14,20H2,(H,21,23);1H. The number of hydrogen-bond acceptors (Lipinski definition) is 4. The molecule has 2 atom stereocenters. The van der Waals surface area contributed by atoms with Gasteiger partial charge in [-0.1, -0.05) is 36.8 Å². The Bertz CT molecular complexity index is 706. The zero-order valence-corrected chi connectivity index (χ0v) is 17.2. The number of carbonyl (C=O) groups excluding carboxylic acids is 1. The number of nitrogens with two attached hydrogens (primary N) is 1. The van der Waals surface area contributed by atoms with Gasteiger partial charge in [-0.15, -0.1) is 12.4 Å². The number of nitrogens with zero attached hydrogens (tertiary/aromatic N) is 1. The topological polar surface area (TPSA) is 92.5 Å². The minimum absolute atomic E-state index is 0. The molecule has 2 fully saturated rings. The van der Waals surface area contributed by atoms with Gasteiger partial charge in [0.25, 0.3) is 0 Å². The van der Waals surface area contributed by atoms with E-state index in [1.807, 2.05) is 30.3 Å². The van der Waals surface area contributed by atoms with Crippen LogP contribution in [0.5, 0.6) is 0 Å². The maximum absolute atomic E-state index is 12.6. The van der Waals surface area contributed by atoms with Crippen LogP contribution in [0.1, 0.15) is 44.1 Å². The molecule has 1 aliphatic carbocycles. The Hall–Kier alpha value is -1.15. The van der Waals surface area contributed by atoms with Gasteiger partial charge in [0.1, 0.15) is 0 Å². The first kappa shape index (κ1) is 22.1. The minimum Gasteiger partial charge on any atom is -0.353 e. The molecule has 1 heterocycles. The maximum atomic E-state index is 12.6. The van der Waals surface area contributed by atoms with E-state index in [0.29, 0.717) is 25.9 Å². The Morgan fingerprint density at radius 2 is 1.78 bits per heavy atom. The average molecular weight is 416 g/mol. The van der Waals surface area contributed by atoms with Crippen molar-refractivity contribution < 1.29 is 13.2 Å². The summed E-state index contributed by atoms with van der Waals surface area (Å²) in [7, 11) is -3.31. The van der Waals surface area contributed by atoms with Crippen LogP contribution in [0, 0.1) is 5.92 Å². The molecule has 1 aliphatic heterocycles. The van der Waals surface area contributed by atoms with E-state index in [0.717, 1.165) is 31.2 Å². The molecule has 1 saturated heterocycles. The third-order valence-corrected chi connectivity index (χ3v) is 7.32.